The molecular weight excluding hydrogens is 440 g/mol. The minimum Gasteiger partial charge on any atom is -0.383 e. The van der Waals surface area contributed by atoms with E-state index in [0.717, 1.165) is 33.4 Å². The largest absolute Gasteiger partial charge is 0.383 e. The van der Waals surface area contributed by atoms with Crippen molar-refractivity contribution in [3.05, 3.63) is 154 Å². The fourth-order valence-electron chi connectivity index (χ4n) is 5.15. The topological polar surface area (TPSA) is 65.4 Å². The highest BCUT2D eigenvalue weighted by Crippen LogP contribution is 2.57. The minimum absolute atomic E-state index is 0.361. The van der Waals surface area contributed by atoms with Gasteiger partial charge in [0.25, 0.3) is 0 Å². The zero-order valence-electron chi connectivity index (χ0n) is 20.5. The van der Waals surface area contributed by atoms with Crippen LogP contribution in [0.1, 0.15) is 39.4 Å². The van der Waals surface area contributed by atoms with Crippen molar-refractivity contribution in [1.29, 1.82) is 5.26 Å². The predicted octanol–water partition coefficient (Wildman–Crippen LogP) is 6.37. The Labute approximate surface area is 212 Å². The highest BCUT2D eigenvalue weighted by Gasteiger charge is 2.56. The predicted molar refractivity (Wildman–Crippen MR) is 145 cm³/mol. The SMILES string of the molecule is Cc1ccc(C2(c3ccc(C)cc3)C(C#N)=C(N)N(/N=C/c3ccccc3)C2c2ccccc2)cc1. The molecule has 4 aromatic rings. The van der Waals surface area contributed by atoms with Crippen LogP contribution in [-0.4, -0.2) is 11.2 Å². The molecule has 0 aromatic heterocycles. The number of nitriles is 1. The number of nitrogens with zero attached hydrogens (tertiary/aromatic N) is 3. The van der Waals surface area contributed by atoms with E-state index in [1.807, 2.05) is 53.5 Å². The van der Waals surface area contributed by atoms with E-state index in [1.165, 1.54) is 0 Å². The van der Waals surface area contributed by atoms with Gasteiger partial charge in [-0.1, -0.05) is 120 Å². The minimum atomic E-state index is -0.852. The molecule has 2 N–H and O–H groups in total. The van der Waals surface area contributed by atoms with Crippen LogP contribution in [0, 0.1) is 25.2 Å². The summed E-state index contributed by atoms with van der Waals surface area (Å²) in [6.45, 7) is 4.13. The first-order valence-electron chi connectivity index (χ1n) is 12.0. The van der Waals surface area contributed by atoms with Crippen molar-refractivity contribution in [1.82, 2.24) is 5.01 Å². The van der Waals surface area contributed by atoms with Crippen LogP contribution in [0.5, 0.6) is 0 Å². The molecule has 36 heavy (non-hydrogen) atoms. The number of aryl methyl sites for hydroxylation is 2. The molecule has 4 aromatic carbocycles. The van der Waals surface area contributed by atoms with Crippen LogP contribution in [0.4, 0.5) is 0 Å². The molecule has 0 fully saturated rings. The van der Waals surface area contributed by atoms with Crippen molar-refractivity contribution in [2.45, 2.75) is 25.3 Å². The lowest BCUT2D eigenvalue weighted by Crippen LogP contribution is -2.38. The summed E-state index contributed by atoms with van der Waals surface area (Å²) >= 11 is 0. The van der Waals surface area contributed by atoms with Crippen LogP contribution in [0.15, 0.2) is 126 Å². The number of hydrazone groups is 1. The molecule has 0 spiro atoms. The smallest absolute Gasteiger partial charge is 0.136 e. The molecule has 4 nitrogen and oxygen atoms in total. The van der Waals surface area contributed by atoms with E-state index < -0.39 is 5.41 Å². The van der Waals surface area contributed by atoms with Gasteiger partial charge in [-0.15, -0.1) is 0 Å². The summed E-state index contributed by atoms with van der Waals surface area (Å²) in [5, 5.41) is 17.3. The third-order valence-electron chi connectivity index (χ3n) is 6.92. The van der Waals surface area contributed by atoms with Gasteiger partial charge in [0.05, 0.1) is 29.3 Å². The van der Waals surface area contributed by atoms with Crippen molar-refractivity contribution in [2.75, 3.05) is 0 Å². The maximum atomic E-state index is 10.6. The number of rotatable bonds is 5. The molecule has 1 heterocycles. The van der Waals surface area contributed by atoms with Crippen LogP contribution in [-0.2, 0) is 5.41 Å². The Morgan fingerprint density at radius 1 is 0.778 bits per heavy atom. The van der Waals surface area contributed by atoms with Crippen molar-refractivity contribution in [3.8, 4) is 6.07 Å². The van der Waals surface area contributed by atoms with Crippen molar-refractivity contribution >= 4 is 6.21 Å². The second kappa shape index (κ2) is 9.56. The summed E-state index contributed by atoms with van der Waals surface area (Å²) < 4.78 is 0. The Morgan fingerprint density at radius 3 is 1.78 bits per heavy atom. The van der Waals surface area contributed by atoms with Crippen LogP contribution in [0.25, 0.3) is 0 Å². The van der Waals surface area contributed by atoms with Crippen LogP contribution < -0.4 is 5.73 Å². The van der Waals surface area contributed by atoms with Crippen molar-refractivity contribution < 1.29 is 0 Å². The average molecular weight is 469 g/mol. The van der Waals surface area contributed by atoms with Crippen molar-refractivity contribution in [3.63, 3.8) is 0 Å². The Balaban J connectivity index is 1.83. The number of nitrogens with two attached hydrogens (primary N) is 1. The molecule has 1 unspecified atom stereocenters. The Bertz CT molecular complexity index is 1400. The average Bonchev–Trinajstić information content (AvgIpc) is 3.17. The summed E-state index contributed by atoms with van der Waals surface area (Å²) in [6, 6.07) is 39.1. The van der Waals surface area contributed by atoms with E-state index in [1.54, 1.807) is 6.21 Å². The molecule has 5 rings (SSSR count). The van der Waals surface area contributed by atoms with Crippen LogP contribution in [0.2, 0.25) is 0 Å². The second-order valence-electron chi connectivity index (χ2n) is 9.23. The van der Waals surface area contributed by atoms with Gasteiger partial charge >= 0.3 is 0 Å². The maximum Gasteiger partial charge on any atom is 0.136 e. The quantitative estimate of drug-likeness (QED) is 0.346. The fourth-order valence-corrected chi connectivity index (χ4v) is 5.15. The van der Waals surface area contributed by atoms with E-state index >= 15 is 0 Å². The lowest BCUT2D eigenvalue weighted by molar-refractivity contribution is 0.244. The molecule has 0 bridgehead atoms. The van der Waals surface area contributed by atoms with Gasteiger partial charge in [-0.05, 0) is 36.1 Å². The van der Waals surface area contributed by atoms with E-state index in [0.29, 0.717) is 11.4 Å². The van der Waals surface area contributed by atoms with Gasteiger partial charge in [0.1, 0.15) is 5.82 Å². The van der Waals surface area contributed by atoms with E-state index in [-0.39, 0.29) is 6.04 Å². The zero-order valence-corrected chi connectivity index (χ0v) is 20.5. The third-order valence-corrected chi connectivity index (χ3v) is 6.92. The normalized spacial score (nSPS) is 16.9. The summed E-state index contributed by atoms with van der Waals surface area (Å²) in [5.74, 6) is 0.361. The highest BCUT2D eigenvalue weighted by atomic mass is 15.5. The maximum absolute atomic E-state index is 10.6. The van der Waals surface area contributed by atoms with E-state index in [2.05, 4.69) is 80.6 Å². The molecule has 4 heteroatoms. The first-order valence-corrected chi connectivity index (χ1v) is 12.0. The van der Waals surface area contributed by atoms with Gasteiger partial charge < -0.3 is 5.73 Å². The molecular formula is C32H28N4. The summed E-state index contributed by atoms with van der Waals surface area (Å²) in [5.41, 5.74) is 12.7. The zero-order chi connectivity index (χ0) is 25.1. The molecule has 0 aliphatic carbocycles. The highest BCUT2D eigenvalue weighted by molar-refractivity contribution is 5.79. The lowest BCUT2D eigenvalue weighted by atomic mass is 9.64. The Hall–Kier alpha value is -4.62. The van der Waals surface area contributed by atoms with Gasteiger partial charge in [0.2, 0.25) is 0 Å². The van der Waals surface area contributed by atoms with Gasteiger partial charge in [0, 0.05) is 0 Å². The first-order chi connectivity index (χ1) is 17.6. The number of benzene rings is 4. The van der Waals surface area contributed by atoms with Crippen LogP contribution in [0.3, 0.4) is 0 Å². The summed E-state index contributed by atoms with van der Waals surface area (Å²) in [7, 11) is 0. The van der Waals surface area contributed by atoms with Gasteiger partial charge in [-0.2, -0.15) is 10.4 Å². The first kappa shape index (κ1) is 23.1. The third kappa shape index (κ3) is 3.85. The lowest BCUT2D eigenvalue weighted by Gasteiger charge is -2.39. The van der Waals surface area contributed by atoms with Crippen molar-refractivity contribution in [2.24, 2.45) is 10.8 Å². The fraction of sp³-hybridized carbons (Fsp3) is 0.125. The molecule has 0 radical (unpaired) electrons. The molecule has 1 aliphatic rings. The number of hydrogen-bond donors (Lipinski definition) is 1. The molecule has 0 saturated heterocycles. The van der Waals surface area contributed by atoms with Gasteiger partial charge in [-0.25, -0.2) is 5.01 Å². The van der Waals surface area contributed by atoms with E-state index in [4.69, 9.17) is 10.8 Å². The summed E-state index contributed by atoms with van der Waals surface area (Å²) in [4.78, 5) is 0. The standard InChI is InChI=1S/C32H28N4/c1-23-13-17-27(18-14-23)32(28-19-15-24(2)16-20-28)29(21-33)31(34)36(30(32)26-11-7-4-8-12-26)35-22-25-9-5-3-6-10-25/h3-20,22,30H,34H2,1-2H3/b35-22+. The Kier molecular flexibility index (Phi) is 6.14. The number of hydrogen-bond acceptors (Lipinski definition) is 4. The summed E-state index contributed by atoms with van der Waals surface area (Å²) in [6.07, 6.45) is 1.80. The van der Waals surface area contributed by atoms with E-state index in [9.17, 15) is 5.26 Å². The van der Waals surface area contributed by atoms with Gasteiger partial charge in [0.15, 0.2) is 0 Å². The van der Waals surface area contributed by atoms with Gasteiger partial charge in [-0.3, -0.25) is 0 Å². The monoisotopic (exact) mass is 468 g/mol. The molecule has 0 saturated carbocycles. The Morgan fingerprint density at radius 2 is 1.28 bits per heavy atom. The molecule has 176 valence electrons. The van der Waals surface area contributed by atoms with Crippen LogP contribution >= 0.6 is 0 Å². The molecule has 0 amide bonds. The molecule has 1 atom stereocenters. The molecule has 1 aliphatic heterocycles. The second-order valence-corrected chi connectivity index (χ2v) is 9.23.